The first kappa shape index (κ1) is 14.2. The molecule has 21 heavy (non-hydrogen) atoms. The van der Waals surface area contributed by atoms with Gasteiger partial charge in [0.2, 0.25) is 5.95 Å². The second-order valence-electron chi connectivity index (χ2n) is 6.29. The van der Waals surface area contributed by atoms with Gasteiger partial charge in [-0.05, 0) is 38.7 Å². The van der Waals surface area contributed by atoms with E-state index in [0.717, 1.165) is 18.1 Å². The Bertz CT molecular complexity index is 567. The molecule has 1 fully saturated rings. The number of nitrogens with one attached hydrogen (secondary N) is 1. The SMILES string of the molecule is Cc1cn(C2CCCC2)c(NC(C)Cc2ccccc2)n1. The highest BCUT2D eigenvalue weighted by Crippen LogP contribution is 2.32. The van der Waals surface area contributed by atoms with Crippen molar-refractivity contribution in [3.05, 3.63) is 47.8 Å². The highest BCUT2D eigenvalue weighted by Gasteiger charge is 2.20. The minimum absolute atomic E-state index is 0.384. The molecule has 1 aromatic carbocycles. The summed E-state index contributed by atoms with van der Waals surface area (Å²) < 4.78 is 2.36. The normalized spacial score (nSPS) is 17.0. The van der Waals surface area contributed by atoms with Crippen molar-refractivity contribution in [2.24, 2.45) is 0 Å². The van der Waals surface area contributed by atoms with Gasteiger partial charge in [-0.1, -0.05) is 43.2 Å². The van der Waals surface area contributed by atoms with Crippen LogP contribution < -0.4 is 5.32 Å². The number of anilines is 1. The molecule has 0 bridgehead atoms. The molecule has 0 saturated heterocycles. The first-order valence-corrected chi connectivity index (χ1v) is 8.08. The lowest BCUT2D eigenvalue weighted by Crippen LogP contribution is -2.21. The van der Waals surface area contributed by atoms with Crippen molar-refractivity contribution in [1.29, 1.82) is 0 Å². The van der Waals surface area contributed by atoms with E-state index in [9.17, 15) is 0 Å². The first-order valence-electron chi connectivity index (χ1n) is 8.08. The van der Waals surface area contributed by atoms with Crippen LogP contribution in [0.25, 0.3) is 0 Å². The smallest absolute Gasteiger partial charge is 0.203 e. The summed E-state index contributed by atoms with van der Waals surface area (Å²) in [6.45, 7) is 4.31. The number of hydrogen-bond donors (Lipinski definition) is 1. The van der Waals surface area contributed by atoms with Crippen LogP contribution in [0.3, 0.4) is 0 Å². The van der Waals surface area contributed by atoms with E-state index < -0.39 is 0 Å². The monoisotopic (exact) mass is 283 g/mol. The molecule has 0 amide bonds. The predicted molar refractivity (Wildman–Crippen MR) is 87.7 cm³/mol. The third-order valence-electron chi connectivity index (χ3n) is 4.33. The molecular weight excluding hydrogens is 258 g/mol. The van der Waals surface area contributed by atoms with Crippen LogP contribution in [-0.4, -0.2) is 15.6 Å². The van der Waals surface area contributed by atoms with E-state index in [1.54, 1.807) is 0 Å². The molecule has 0 radical (unpaired) electrons. The van der Waals surface area contributed by atoms with Gasteiger partial charge < -0.3 is 9.88 Å². The molecule has 1 unspecified atom stereocenters. The Morgan fingerprint density at radius 1 is 1.24 bits per heavy atom. The number of nitrogens with zero attached hydrogens (tertiary/aromatic N) is 2. The van der Waals surface area contributed by atoms with Crippen LogP contribution in [0.5, 0.6) is 0 Å². The molecule has 3 nitrogen and oxygen atoms in total. The molecule has 112 valence electrons. The Morgan fingerprint density at radius 2 is 1.95 bits per heavy atom. The Labute approximate surface area is 127 Å². The zero-order valence-corrected chi connectivity index (χ0v) is 13.0. The summed E-state index contributed by atoms with van der Waals surface area (Å²) in [4.78, 5) is 4.69. The highest BCUT2D eigenvalue weighted by atomic mass is 15.2. The average molecular weight is 283 g/mol. The molecule has 1 aliphatic carbocycles. The maximum Gasteiger partial charge on any atom is 0.203 e. The third kappa shape index (κ3) is 3.46. The number of aromatic nitrogens is 2. The van der Waals surface area contributed by atoms with Crippen molar-refractivity contribution in [2.45, 2.75) is 58.0 Å². The summed E-state index contributed by atoms with van der Waals surface area (Å²) in [7, 11) is 0. The molecule has 1 saturated carbocycles. The second-order valence-corrected chi connectivity index (χ2v) is 6.29. The van der Waals surface area contributed by atoms with Gasteiger partial charge >= 0.3 is 0 Å². The van der Waals surface area contributed by atoms with Crippen molar-refractivity contribution in [3.8, 4) is 0 Å². The predicted octanol–water partition coefficient (Wildman–Crippen LogP) is 4.35. The van der Waals surface area contributed by atoms with Gasteiger partial charge in [-0.2, -0.15) is 0 Å². The number of aryl methyl sites for hydroxylation is 1. The van der Waals surface area contributed by atoms with Gasteiger partial charge in [0.25, 0.3) is 0 Å². The highest BCUT2D eigenvalue weighted by molar-refractivity contribution is 5.32. The number of imidazole rings is 1. The van der Waals surface area contributed by atoms with E-state index in [1.807, 2.05) is 0 Å². The van der Waals surface area contributed by atoms with E-state index in [4.69, 9.17) is 0 Å². The zero-order valence-electron chi connectivity index (χ0n) is 13.0. The number of benzene rings is 1. The lowest BCUT2D eigenvalue weighted by atomic mass is 10.1. The molecule has 2 aromatic rings. The van der Waals surface area contributed by atoms with Crippen molar-refractivity contribution in [3.63, 3.8) is 0 Å². The van der Waals surface area contributed by atoms with E-state index >= 15 is 0 Å². The quantitative estimate of drug-likeness (QED) is 0.884. The van der Waals surface area contributed by atoms with Crippen LogP contribution in [0, 0.1) is 6.92 Å². The lowest BCUT2D eigenvalue weighted by Gasteiger charge is -2.19. The minimum Gasteiger partial charge on any atom is -0.353 e. The summed E-state index contributed by atoms with van der Waals surface area (Å²) in [5, 5.41) is 3.61. The molecule has 1 N–H and O–H groups in total. The molecule has 3 rings (SSSR count). The molecule has 1 heterocycles. The van der Waals surface area contributed by atoms with Gasteiger partial charge in [0, 0.05) is 18.3 Å². The Morgan fingerprint density at radius 3 is 2.67 bits per heavy atom. The zero-order chi connectivity index (χ0) is 14.7. The summed E-state index contributed by atoms with van der Waals surface area (Å²) in [6.07, 6.45) is 8.50. The summed E-state index contributed by atoms with van der Waals surface area (Å²) in [5.41, 5.74) is 2.48. The number of hydrogen-bond acceptors (Lipinski definition) is 2. The second kappa shape index (κ2) is 6.33. The van der Waals surface area contributed by atoms with Crippen LogP contribution in [0.15, 0.2) is 36.5 Å². The lowest BCUT2D eigenvalue weighted by molar-refractivity contribution is 0.520. The third-order valence-corrected chi connectivity index (χ3v) is 4.33. The van der Waals surface area contributed by atoms with E-state index in [0.29, 0.717) is 12.1 Å². The van der Waals surface area contributed by atoms with Crippen LogP contribution in [-0.2, 0) is 6.42 Å². The molecule has 1 aromatic heterocycles. The number of rotatable bonds is 5. The standard InChI is InChI=1S/C18H25N3/c1-14(12-16-8-4-3-5-9-16)19-18-20-15(2)13-21(18)17-10-6-7-11-17/h3-5,8-9,13-14,17H,6-7,10-12H2,1-2H3,(H,19,20). The molecule has 1 atom stereocenters. The average Bonchev–Trinajstić information content (AvgIpc) is 3.09. The van der Waals surface area contributed by atoms with Gasteiger partial charge in [0.1, 0.15) is 0 Å². The fraction of sp³-hybridized carbons (Fsp3) is 0.500. The van der Waals surface area contributed by atoms with Gasteiger partial charge in [-0.3, -0.25) is 0 Å². The topological polar surface area (TPSA) is 29.9 Å². The maximum absolute atomic E-state index is 4.69. The van der Waals surface area contributed by atoms with Gasteiger partial charge in [-0.15, -0.1) is 0 Å². The van der Waals surface area contributed by atoms with E-state index in [2.05, 4.69) is 65.2 Å². The first-order chi connectivity index (χ1) is 10.2. The van der Waals surface area contributed by atoms with Crippen molar-refractivity contribution in [2.75, 3.05) is 5.32 Å². The summed E-state index contributed by atoms with van der Waals surface area (Å²) in [5.74, 6) is 1.04. The maximum atomic E-state index is 4.69. The Kier molecular flexibility index (Phi) is 4.28. The van der Waals surface area contributed by atoms with Crippen LogP contribution in [0.1, 0.15) is 49.9 Å². The van der Waals surface area contributed by atoms with E-state index in [1.165, 1.54) is 31.2 Å². The Balaban J connectivity index is 1.69. The molecule has 0 aliphatic heterocycles. The van der Waals surface area contributed by atoms with E-state index in [-0.39, 0.29) is 0 Å². The molecule has 3 heteroatoms. The fourth-order valence-corrected chi connectivity index (χ4v) is 3.32. The van der Waals surface area contributed by atoms with Crippen molar-refractivity contribution < 1.29 is 0 Å². The largest absolute Gasteiger partial charge is 0.353 e. The minimum atomic E-state index is 0.384. The van der Waals surface area contributed by atoms with Crippen molar-refractivity contribution >= 4 is 5.95 Å². The van der Waals surface area contributed by atoms with Crippen LogP contribution in [0.4, 0.5) is 5.95 Å². The van der Waals surface area contributed by atoms with Gasteiger partial charge in [0.15, 0.2) is 0 Å². The van der Waals surface area contributed by atoms with Crippen molar-refractivity contribution in [1.82, 2.24) is 9.55 Å². The molecule has 1 aliphatic rings. The summed E-state index contributed by atoms with van der Waals surface area (Å²) >= 11 is 0. The Hall–Kier alpha value is -1.77. The van der Waals surface area contributed by atoms with Gasteiger partial charge in [-0.25, -0.2) is 4.98 Å². The van der Waals surface area contributed by atoms with Gasteiger partial charge in [0.05, 0.1) is 5.69 Å². The van der Waals surface area contributed by atoms with Crippen LogP contribution in [0.2, 0.25) is 0 Å². The summed E-state index contributed by atoms with van der Waals surface area (Å²) in [6, 6.07) is 11.7. The van der Waals surface area contributed by atoms with Crippen LogP contribution >= 0.6 is 0 Å². The molecular formula is C18H25N3. The fourth-order valence-electron chi connectivity index (χ4n) is 3.32. The molecule has 0 spiro atoms.